The molecule has 2 rings (SSSR count). The topological polar surface area (TPSA) is 33.7 Å². The largest absolute Gasteiger partial charge is 0.361 e. The maximum absolute atomic E-state index is 5.41. The summed E-state index contributed by atoms with van der Waals surface area (Å²) in [4.78, 5) is 2.27. The molecule has 4 heteroatoms. The summed E-state index contributed by atoms with van der Waals surface area (Å²) in [6.07, 6.45) is 0. The van der Waals surface area contributed by atoms with Crippen LogP contribution >= 0.6 is 0 Å². The Labute approximate surface area is 115 Å². The van der Waals surface area contributed by atoms with Gasteiger partial charge in [0, 0.05) is 25.9 Å². The molecule has 106 valence electrons. The molecule has 0 aromatic heterocycles. The Morgan fingerprint density at radius 1 is 1.32 bits per heavy atom. The Balaban J connectivity index is 2.05. The summed E-state index contributed by atoms with van der Waals surface area (Å²) in [6, 6.07) is 9.02. The van der Waals surface area contributed by atoms with Gasteiger partial charge < -0.3 is 19.7 Å². The molecule has 4 nitrogen and oxygen atoms in total. The first kappa shape index (κ1) is 14.3. The van der Waals surface area contributed by atoms with Gasteiger partial charge in [-0.1, -0.05) is 19.1 Å². The van der Waals surface area contributed by atoms with Crippen LogP contribution in [0.3, 0.4) is 0 Å². The van der Waals surface area contributed by atoms with Gasteiger partial charge in [-0.25, -0.2) is 0 Å². The van der Waals surface area contributed by atoms with Crippen molar-refractivity contribution < 1.29 is 9.47 Å². The van der Waals surface area contributed by atoms with Crippen molar-refractivity contribution in [2.75, 3.05) is 38.8 Å². The summed E-state index contributed by atoms with van der Waals surface area (Å²) in [5.41, 5.74) is 2.54. The van der Waals surface area contributed by atoms with E-state index in [2.05, 4.69) is 48.3 Å². The number of nitrogens with one attached hydrogen (secondary N) is 1. The standard InChI is InChI=1S/C15H24N2O2/c1-5-16-12(2)13-7-6-8-14(9-13)17-10-15(11-17,18-3)19-4/h6-9,12,16H,5,10-11H2,1-4H3. The molecule has 0 saturated carbocycles. The molecule has 1 aliphatic heterocycles. The molecule has 0 radical (unpaired) electrons. The predicted octanol–water partition coefficient (Wildman–Crippen LogP) is 2.17. The SMILES string of the molecule is CCNC(C)c1cccc(N2CC(OC)(OC)C2)c1. The van der Waals surface area contributed by atoms with E-state index in [-0.39, 0.29) is 0 Å². The van der Waals surface area contributed by atoms with Gasteiger partial charge in [-0.05, 0) is 31.2 Å². The smallest absolute Gasteiger partial charge is 0.203 e. The van der Waals surface area contributed by atoms with Crippen molar-refractivity contribution >= 4 is 5.69 Å². The minimum Gasteiger partial charge on any atom is -0.361 e. The summed E-state index contributed by atoms with van der Waals surface area (Å²) >= 11 is 0. The van der Waals surface area contributed by atoms with Crippen molar-refractivity contribution in [1.82, 2.24) is 5.32 Å². The van der Waals surface area contributed by atoms with Gasteiger partial charge in [0.1, 0.15) is 0 Å². The van der Waals surface area contributed by atoms with Crippen molar-refractivity contribution in [3.05, 3.63) is 29.8 Å². The fourth-order valence-electron chi connectivity index (χ4n) is 2.47. The normalized spacial score (nSPS) is 19.1. The number of methoxy groups -OCH3 is 2. The average Bonchev–Trinajstić information content (AvgIpc) is 2.39. The van der Waals surface area contributed by atoms with Crippen molar-refractivity contribution in [1.29, 1.82) is 0 Å². The first-order chi connectivity index (χ1) is 9.14. The third-order valence-electron chi connectivity index (χ3n) is 3.85. The zero-order valence-corrected chi connectivity index (χ0v) is 12.3. The number of ether oxygens (including phenoxy) is 2. The minimum atomic E-state index is -0.427. The zero-order chi connectivity index (χ0) is 13.9. The molecule has 19 heavy (non-hydrogen) atoms. The Bertz CT molecular complexity index is 410. The highest BCUT2D eigenvalue weighted by molar-refractivity contribution is 5.52. The van der Waals surface area contributed by atoms with E-state index in [1.54, 1.807) is 14.2 Å². The second kappa shape index (κ2) is 5.90. The van der Waals surface area contributed by atoms with E-state index in [1.807, 2.05) is 0 Å². The molecule has 0 spiro atoms. The second-order valence-corrected chi connectivity index (χ2v) is 5.05. The monoisotopic (exact) mass is 264 g/mol. The molecule has 1 aromatic carbocycles. The predicted molar refractivity (Wildman–Crippen MR) is 77.5 cm³/mol. The van der Waals surface area contributed by atoms with Crippen LogP contribution in [0.5, 0.6) is 0 Å². The Hall–Kier alpha value is -1.10. The van der Waals surface area contributed by atoms with Crippen LogP contribution in [0.4, 0.5) is 5.69 Å². The van der Waals surface area contributed by atoms with Crippen LogP contribution in [0.1, 0.15) is 25.5 Å². The molecular weight excluding hydrogens is 240 g/mol. The molecule has 1 saturated heterocycles. The first-order valence-electron chi connectivity index (χ1n) is 6.82. The highest BCUT2D eigenvalue weighted by Crippen LogP contribution is 2.31. The summed E-state index contributed by atoms with van der Waals surface area (Å²) in [5, 5.41) is 3.43. The van der Waals surface area contributed by atoms with Gasteiger partial charge in [-0.2, -0.15) is 0 Å². The van der Waals surface area contributed by atoms with Gasteiger partial charge in [-0.15, -0.1) is 0 Å². The summed E-state index contributed by atoms with van der Waals surface area (Å²) in [5.74, 6) is -0.427. The summed E-state index contributed by atoms with van der Waals surface area (Å²) < 4.78 is 10.8. The molecule has 0 bridgehead atoms. The number of hydrogen-bond donors (Lipinski definition) is 1. The fourth-order valence-corrected chi connectivity index (χ4v) is 2.47. The lowest BCUT2D eigenvalue weighted by Crippen LogP contribution is -2.64. The Kier molecular flexibility index (Phi) is 4.45. The summed E-state index contributed by atoms with van der Waals surface area (Å²) in [7, 11) is 3.40. The Morgan fingerprint density at radius 2 is 2.00 bits per heavy atom. The third-order valence-corrected chi connectivity index (χ3v) is 3.85. The van der Waals surface area contributed by atoms with Gasteiger partial charge in [0.25, 0.3) is 0 Å². The number of rotatable bonds is 6. The van der Waals surface area contributed by atoms with Crippen LogP contribution in [0.2, 0.25) is 0 Å². The molecule has 1 heterocycles. The van der Waals surface area contributed by atoms with Gasteiger partial charge in [0.2, 0.25) is 5.79 Å². The van der Waals surface area contributed by atoms with Gasteiger partial charge >= 0.3 is 0 Å². The van der Waals surface area contributed by atoms with Crippen molar-refractivity contribution in [2.45, 2.75) is 25.7 Å². The molecule has 1 aromatic rings. The van der Waals surface area contributed by atoms with E-state index < -0.39 is 5.79 Å². The zero-order valence-electron chi connectivity index (χ0n) is 12.3. The van der Waals surface area contributed by atoms with Crippen LogP contribution in [-0.4, -0.2) is 39.6 Å². The molecule has 1 N–H and O–H groups in total. The van der Waals surface area contributed by atoms with Crippen molar-refractivity contribution in [2.24, 2.45) is 0 Å². The average molecular weight is 264 g/mol. The van der Waals surface area contributed by atoms with E-state index >= 15 is 0 Å². The fraction of sp³-hybridized carbons (Fsp3) is 0.600. The van der Waals surface area contributed by atoms with Crippen LogP contribution in [0.15, 0.2) is 24.3 Å². The molecule has 1 aliphatic rings. The number of anilines is 1. The van der Waals surface area contributed by atoms with E-state index in [1.165, 1.54) is 11.3 Å². The number of benzene rings is 1. The van der Waals surface area contributed by atoms with Gasteiger partial charge in [0.15, 0.2) is 0 Å². The van der Waals surface area contributed by atoms with E-state index in [4.69, 9.17) is 9.47 Å². The van der Waals surface area contributed by atoms with Crippen LogP contribution in [-0.2, 0) is 9.47 Å². The second-order valence-electron chi connectivity index (χ2n) is 5.05. The maximum atomic E-state index is 5.41. The molecule has 1 atom stereocenters. The highest BCUT2D eigenvalue weighted by Gasteiger charge is 2.43. The lowest BCUT2D eigenvalue weighted by molar-refractivity contribution is -0.219. The lowest BCUT2D eigenvalue weighted by Gasteiger charge is -2.48. The minimum absolute atomic E-state index is 0.376. The van der Waals surface area contributed by atoms with E-state index in [0.29, 0.717) is 6.04 Å². The quantitative estimate of drug-likeness (QED) is 0.798. The van der Waals surface area contributed by atoms with Gasteiger partial charge in [-0.3, -0.25) is 0 Å². The summed E-state index contributed by atoms with van der Waals surface area (Å²) in [6.45, 7) is 6.85. The first-order valence-corrected chi connectivity index (χ1v) is 6.82. The van der Waals surface area contributed by atoms with Crippen molar-refractivity contribution in [3.63, 3.8) is 0 Å². The Morgan fingerprint density at radius 3 is 2.58 bits per heavy atom. The molecule has 0 aliphatic carbocycles. The molecular formula is C15H24N2O2. The van der Waals surface area contributed by atoms with Crippen LogP contribution in [0, 0.1) is 0 Å². The van der Waals surface area contributed by atoms with Crippen molar-refractivity contribution in [3.8, 4) is 0 Å². The highest BCUT2D eigenvalue weighted by atomic mass is 16.7. The lowest BCUT2D eigenvalue weighted by atomic mass is 10.0. The molecule has 0 amide bonds. The van der Waals surface area contributed by atoms with Crippen LogP contribution < -0.4 is 10.2 Å². The number of hydrogen-bond acceptors (Lipinski definition) is 4. The van der Waals surface area contributed by atoms with E-state index in [0.717, 1.165) is 19.6 Å². The number of nitrogens with zero attached hydrogens (tertiary/aromatic N) is 1. The molecule has 1 fully saturated rings. The van der Waals surface area contributed by atoms with Crippen LogP contribution in [0.25, 0.3) is 0 Å². The van der Waals surface area contributed by atoms with Gasteiger partial charge in [0.05, 0.1) is 13.1 Å². The maximum Gasteiger partial charge on any atom is 0.203 e. The third kappa shape index (κ3) is 2.91. The van der Waals surface area contributed by atoms with E-state index in [9.17, 15) is 0 Å². The molecule has 1 unspecified atom stereocenters.